The number of benzene rings is 6. The second-order valence-corrected chi connectivity index (χ2v) is 46.0. The number of aromatic nitrogens is 8. The predicted molar refractivity (Wildman–Crippen MR) is 532 cm³/mol. The first kappa shape index (κ1) is 110. The van der Waals surface area contributed by atoms with Crippen molar-refractivity contribution >= 4 is 127 Å². The van der Waals surface area contributed by atoms with Gasteiger partial charge in [-0.15, -0.1) is 0 Å². The highest BCUT2D eigenvalue weighted by molar-refractivity contribution is 7.67. The fourth-order valence-corrected chi connectivity index (χ4v) is 26.9. The fraction of sp³-hybridized carbons (Fsp3) is 0.447. The van der Waals surface area contributed by atoms with Crippen molar-refractivity contribution in [2.24, 2.45) is 0 Å². The summed E-state index contributed by atoms with van der Waals surface area (Å²) >= 11 is 0. The number of ether oxygens (including phenoxy) is 4. The molecule has 0 saturated carbocycles. The minimum Gasteiger partial charge on any atom is -0.545 e. The number of aryl methyl sites for hydroxylation is 4. The van der Waals surface area contributed by atoms with Crippen LogP contribution in [0, 0.1) is 0 Å². The van der Waals surface area contributed by atoms with E-state index < -0.39 is 146 Å². The summed E-state index contributed by atoms with van der Waals surface area (Å²) in [5.74, 6) is -1.33. The van der Waals surface area contributed by atoms with E-state index >= 15 is 0 Å². The molecule has 2 saturated heterocycles. The number of imidazole rings is 2. The molecule has 150 heavy (non-hydrogen) atoms. The van der Waals surface area contributed by atoms with Gasteiger partial charge in [0.1, 0.15) is 109 Å². The van der Waals surface area contributed by atoms with Gasteiger partial charge in [-0.3, -0.25) is 36.8 Å². The average molecular weight is 2200 g/mol. The molecule has 0 aliphatic carbocycles. The van der Waals surface area contributed by atoms with Crippen LogP contribution < -0.4 is 81.9 Å². The number of nitrogens with one attached hydrogen (secondary N) is 2. The lowest BCUT2D eigenvalue weighted by atomic mass is 9.85. The van der Waals surface area contributed by atoms with Crippen molar-refractivity contribution in [2.45, 2.75) is 180 Å². The number of aliphatic hydroxyl groups excluding tert-OH is 4. The van der Waals surface area contributed by atoms with E-state index in [0.29, 0.717) is 83.8 Å². The van der Waals surface area contributed by atoms with Gasteiger partial charge in [-0.05, 0) is 163 Å². The van der Waals surface area contributed by atoms with Gasteiger partial charge in [-0.2, -0.15) is 17.2 Å². The minimum atomic E-state index is -5.83. The standard InChI is InChI=1S/2C47H57N8O17P3/c1-3-53-16-9-11-27-19-32-36(22-34(27)53)69-37-23-35-28(12-10-17-54(35)4-2)20-33(37)39(32)31-21-29(13-14-30(31)47(59)60)45(58)49-15-7-5-6-8-18-67-73(61,62)71-75(65,66)72-74(63,64)68-24-38-41(56)42(57)46(70-38)55-26-52-40-43(48)50-25-51-44(40)55;1-3-53-16-9-11-27-19-32-36(22-34(27)53)69-37-23-35-28(12-10-17-54(35)4-2)20-33(37)39(32)30-14-13-29(21-31(30)47(59)60)45(58)49-15-7-5-6-8-18-67-73(61,62)71-75(65,66)72-74(63,64)68-24-38-41(56)42(57)46(70-38)55-26-52-40-43(48)50-25-51-44(40)55/h2*13-14,19-23,25-26,38,41-42,46,56-57H,3-12,15-18,24H2,1-2H3,(H6-,48,49,50,51,58,59,60,61,62,63,64,65,66)/t2*38-,41-,42-,46-/m11/s1. The number of aliphatic hydroxyl groups is 4. The van der Waals surface area contributed by atoms with Gasteiger partial charge in [0.2, 0.25) is 10.7 Å². The first-order valence-electron chi connectivity index (χ1n) is 48.9. The highest BCUT2D eigenvalue weighted by Crippen LogP contribution is 2.69. The number of amides is 2. The lowest BCUT2D eigenvalue weighted by Crippen LogP contribution is -2.39. The monoisotopic (exact) mass is 2200 g/mol. The molecule has 14 atom stereocenters. The Morgan fingerprint density at radius 3 is 1.27 bits per heavy atom. The van der Waals surface area contributed by atoms with Crippen molar-refractivity contribution < 1.29 is 161 Å². The van der Waals surface area contributed by atoms with Gasteiger partial charge in [-0.1, -0.05) is 37.8 Å². The molecular weight excluding hydrogens is 2080 g/mol. The lowest BCUT2D eigenvalue weighted by molar-refractivity contribution is -0.256. The van der Waals surface area contributed by atoms with Crippen LogP contribution in [0.25, 0.3) is 33.5 Å². The molecule has 2 amide bonds. The van der Waals surface area contributed by atoms with E-state index in [1.54, 1.807) is 18.2 Å². The molecule has 56 heteroatoms. The number of hydrogen-bond donors (Lipinski definition) is 14. The average Bonchev–Trinajstić information content (AvgIpc) is 1.49. The van der Waals surface area contributed by atoms with Crippen molar-refractivity contribution in [3.05, 3.63) is 198 Å². The number of anilines is 4. The first-order valence-corrected chi connectivity index (χ1v) is 57.9. The van der Waals surface area contributed by atoms with E-state index in [9.17, 15) is 107 Å². The van der Waals surface area contributed by atoms with Crippen molar-refractivity contribution in [2.75, 3.05) is 113 Å². The summed E-state index contributed by atoms with van der Waals surface area (Å²) in [6.07, 6.45) is 2.50. The highest BCUT2D eigenvalue weighted by Gasteiger charge is 2.51. The SMILES string of the molecule is CCN1CCCc2cc3c(cc21)Oc1cc2c(cc1=C3c1cc(C(=O)NCCCCCCOP(=O)(O)OP(=O)(O)OP(=O)(O)OC[C@H]3O[C@@H](n4cnc5c(N)ncnc54)[C@H](O)[C@@H]3O)ccc1C(=O)[O-])CCC[N+]=2CC.CCN1CCCc2cc3c(cc21)Oc1cc2c(cc1=C3c1ccc(C(=O)NCCCCCCOP(=O)(O)OP(=O)(O)OP(=O)(O)OC[C@H]3O[C@@H](n4cnc5c(N)ncnc54)[C@H](O)[C@@H]3O)cc1C(=O)[O-])CCC[N+]=2CC. The number of nitrogen functional groups attached to an aromatic ring is 2. The summed E-state index contributed by atoms with van der Waals surface area (Å²) in [7, 11) is -33.5. The molecule has 16 N–H and O–H groups in total. The van der Waals surface area contributed by atoms with Gasteiger partial charge in [0.05, 0.1) is 63.2 Å². The Bertz CT molecular complexity index is 7510. The smallest absolute Gasteiger partial charge is 0.490 e. The number of carboxylic acids is 2. The molecule has 8 aliphatic rings. The molecule has 804 valence electrons. The van der Waals surface area contributed by atoms with Crippen molar-refractivity contribution in [1.29, 1.82) is 0 Å². The Morgan fingerprint density at radius 1 is 0.440 bits per heavy atom. The summed E-state index contributed by atoms with van der Waals surface area (Å²) in [5.41, 5.74) is 22.5. The topological polar surface area (TPSA) is 706 Å². The molecule has 18 rings (SSSR count). The van der Waals surface area contributed by atoms with Gasteiger partial charge in [0.25, 0.3) is 11.8 Å². The molecule has 8 aliphatic heterocycles. The van der Waals surface area contributed by atoms with Crippen LogP contribution in [0.4, 0.5) is 23.0 Å². The van der Waals surface area contributed by atoms with Gasteiger partial charge < -0.3 is 120 Å². The fourth-order valence-electron chi connectivity index (χ4n) is 19.9. The van der Waals surface area contributed by atoms with Crippen LogP contribution in [0.1, 0.15) is 203 Å². The van der Waals surface area contributed by atoms with Crippen molar-refractivity contribution in [3.8, 4) is 23.0 Å². The number of phosphoric ester groups is 4. The van der Waals surface area contributed by atoms with E-state index in [2.05, 4.69) is 150 Å². The second-order valence-electron chi connectivity index (χ2n) is 36.7. The Kier molecular flexibility index (Phi) is 33.9. The van der Waals surface area contributed by atoms with E-state index in [0.717, 1.165) is 182 Å². The van der Waals surface area contributed by atoms with Gasteiger partial charge in [-0.25, -0.2) is 66.4 Å². The number of nitrogens with two attached hydrogens (primary N) is 2. The number of rotatable bonds is 42. The van der Waals surface area contributed by atoms with Crippen LogP contribution >= 0.6 is 46.9 Å². The van der Waals surface area contributed by atoms with Gasteiger partial charge in [0, 0.05) is 142 Å². The molecule has 12 heterocycles. The summed E-state index contributed by atoms with van der Waals surface area (Å²) in [6.45, 7) is 12.9. The zero-order chi connectivity index (χ0) is 107. The maximum Gasteiger partial charge on any atom is 0.490 e. The Morgan fingerprint density at radius 2 is 0.847 bits per heavy atom. The molecule has 0 radical (unpaired) electrons. The van der Waals surface area contributed by atoms with Crippen molar-refractivity contribution in [3.63, 3.8) is 0 Å². The molecular formula is C94H114N16O34P6. The van der Waals surface area contributed by atoms with Crippen molar-refractivity contribution in [1.82, 2.24) is 58.8 Å². The highest BCUT2D eigenvalue weighted by atomic mass is 31.3. The van der Waals surface area contributed by atoms with E-state index in [4.69, 9.17) is 39.5 Å². The predicted octanol–water partition coefficient (Wildman–Crippen LogP) is 4.66. The van der Waals surface area contributed by atoms with Gasteiger partial charge in [0.15, 0.2) is 35.4 Å². The maximum absolute atomic E-state index is 13.7. The first-order chi connectivity index (χ1) is 71.5. The Balaban J connectivity index is 0.000000204. The third kappa shape index (κ3) is 24.6. The second kappa shape index (κ2) is 46.1. The molecule has 0 spiro atoms. The maximum atomic E-state index is 13.7. The summed E-state index contributed by atoms with van der Waals surface area (Å²) in [4.78, 5) is 142. The number of carboxylic acid groups (broad SMARTS) is 2. The number of phosphoric acid groups is 6. The Hall–Kier alpha value is -11.0. The number of fused-ring (bicyclic) bond motifs is 10. The molecule has 6 unspecified atom stereocenters. The molecule has 6 aromatic carbocycles. The summed E-state index contributed by atoms with van der Waals surface area (Å²) in [6, 6.07) is 25.5. The van der Waals surface area contributed by atoms with E-state index in [1.807, 2.05) is 12.1 Å². The molecule has 10 aromatic rings. The third-order valence-corrected chi connectivity index (χ3v) is 35.6. The summed E-state index contributed by atoms with van der Waals surface area (Å²) < 4.78 is 142. The van der Waals surface area contributed by atoms with Crippen LogP contribution in [-0.2, 0) is 97.9 Å². The number of carbonyl (C=O) groups excluding carboxylic acids is 4. The quantitative estimate of drug-likeness (QED) is 0.0140. The number of carbonyl (C=O) groups is 4. The van der Waals surface area contributed by atoms with Gasteiger partial charge >= 0.3 is 46.9 Å². The zero-order valence-corrected chi connectivity index (χ0v) is 87.1. The normalized spacial score (nSPS) is 21.5. The lowest BCUT2D eigenvalue weighted by Gasteiger charge is -2.33. The molecule has 0 bridgehead atoms. The number of nitrogens with zero attached hydrogens (tertiary/aromatic N) is 12. The number of unbranched alkanes of at least 4 members (excludes halogenated alkanes) is 6. The largest absolute Gasteiger partial charge is 0.545 e. The summed E-state index contributed by atoms with van der Waals surface area (Å²) in [5, 5.41) is 77.4. The third-order valence-electron chi connectivity index (χ3n) is 27.0. The molecule has 50 nitrogen and oxygen atoms in total. The zero-order valence-electron chi connectivity index (χ0n) is 81.7. The van der Waals surface area contributed by atoms with E-state index in [-0.39, 0.29) is 82.1 Å². The van der Waals surface area contributed by atoms with Crippen LogP contribution in [0.15, 0.2) is 110 Å². The number of aromatic carboxylic acids is 2. The van der Waals surface area contributed by atoms with Crippen LogP contribution in [0.5, 0.6) is 23.0 Å². The number of hydrogen-bond acceptors (Lipinski definition) is 38. The van der Waals surface area contributed by atoms with E-state index in [1.165, 1.54) is 40.0 Å². The van der Waals surface area contributed by atoms with Crippen LogP contribution in [0.2, 0.25) is 0 Å². The molecule has 4 aromatic heterocycles. The van der Waals surface area contributed by atoms with Crippen LogP contribution in [0.3, 0.4) is 0 Å². The Labute approximate surface area is 856 Å². The molecule has 2 fully saturated rings. The van der Waals surface area contributed by atoms with Crippen LogP contribution in [-0.4, -0.2) is 241 Å². The minimum absolute atomic E-state index is 0.0273.